The number of hydrogen-bond acceptors (Lipinski definition) is 6. The van der Waals surface area contributed by atoms with Crippen molar-refractivity contribution < 1.29 is 5.21 Å². The average Bonchev–Trinajstić information content (AvgIpc) is 2.88. The molecule has 8 heteroatoms. The van der Waals surface area contributed by atoms with E-state index in [0.717, 1.165) is 36.1 Å². The lowest BCUT2D eigenvalue weighted by molar-refractivity contribution is 0.316. The molecule has 2 aromatic rings. The number of oxime groups is 1. The van der Waals surface area contributed by atoms with E-state index in [1.807, 2.05) is 12.1 Å². The summed E-state index contributed by atoms with van der Waals surface area (Å²) in [6.45, 7) is 0.745. The fourth-order valence-electron chi connectivity index (χ4n) is 1.69. The summed E-state index contributed by atoms with van der Waals surface area (Å²) in [6.07, 6.45) is 2.31. The normalized spacial score (nSPS) is 11.9. The van der Waals surface area contributed by atoms with Crippen LogP contribution in [0.4, 0.5) is 5.69 Å². The maximum atomic E-state index is 8.42. The molecule has 0 radical (unpaired) electrons. The van der Waals surface area contributed by atoms with Crippen molar-refractivity contribution >= 4 is 45.9 Å². The Balaban J connectivity index is 1.91. The van der Waals surface area contributed by atoms with E-state index in [-0.39, 0.29) is 5.84 Å². The summed E-state index contributed by atoms with van der Waals surface area (Å²) in [7, 11) is 0. The van der Waals surface area contributed by atoms with Crippen LogP contribution in [0.15, 0.2) is 17.3 Å². The maximum absolute atomic E-state index is 8.42. The van der Waals surface area contributed by atoms with Gasteiger partial charge in [-0.2, -0.15) is 8.75 Å². The Bertz CT molecular complexity index is 585. The topological polar surface area (TPSA) is 96.4 Å². The van der Waals surface area contributed by atoms with Gasteiger partial charge in [0, 0.05) is 13.0 Å². The Labute approximate surface area is 119 Å². The number of anilines is 1. The van der Waals surface area contributed by atoms with Crippen LogP contribution in [0, 0.1) is 0 Å². The predicted octanol–water partition coefficient (Wildman–Crippen LogP) is 2.67. The molecule has 4 N–H and O–H groups in total. The number of hydrogen-bond donors (Lipinski definition) is 3. The number of nitrogens with two attached hydrogens (primary N) is 1. The van der Waals surface area contributed by atoms with Crippen molar-refractivity contribution in [3.63, 3.8) is 0 Å². The first-order chi connectivity index (χ1) is 9.22. The lowest BCUT2D eigenvalue weighted by atomic mass is 10.2. The smallest absolute Gasteiger partial charge is 0.139 e. The molecule has 6 nitrogen and oxygen atoms in total. The van der Waals surface area contributed by atoms with Crippen LogP contribution in [0.3, 0.4) is 0 Å². The molecule has 0 aliphatic heterocycles. The van der Waals surface area contributed by atoms with Crippen LogP contribution in [0.2, 0.25) is 5.02 Å². The summed E-state index contributed by atoms with van der Waals surface area (Å²) in [4.78, 5) is 0. The van der Waals surface area contributed by atoms with Gasteiger partial charge < -0.3 is 16.3 Å². The minimum atomic E-state index is 0.254. The minimum Gasteiger partial charge on any atom is -0.409 e. The van der Waals surface area contributed by atoms with Crippen molar-refractivity contribution in [2.24, 2.45) is 10.9 Å². The van der Waals surface area contributed by atoms with Gasteiger partial charge in [-0.15, -0.1) is 0 Å². The first-order valence-electron chi connectivity index (χ1n) is 5.83. The zero-order chi connectivity index (χ0) is 13.7. The largest absolute Gasteiger partial charge is 0.409 e. The highest BCUT2D eigenvalue weighted by Crippen LogP contribution is 2.29. The van der Waals surface area contributed by atoms with Crippen LogP contribution in [-0.4, -0.2) is 26.3 Å². The second-order valence-electron chi connectivity index (χ2n) is 4.03. The molecule has 0 fully saturated rings. The molecule has 1 heterocycles. The fraction of sp³-hybridized carbons (Fsp3) is 0.364. The Morgan fingerprint density at radius 2 is 2.26 bits per heavy atom. The molecule has 0 unspecified atom stereocenters. The van der Waals surface area contributed by atoms with E-state index in [2.05, 4.69) is 19.2 Å². The average molecular weight is 300 g/mol. The van der Waals surface area contributed by atoms with Gasteiger partial charge in [0.05, 0.1) is 22.4 Å². The molecule has 0 aliphatic rings. The molecule has 102 valence electrons. The van der Waals surface area contributed by atoms with E-state index in [0.29, 0.717) is 11.4 Å². The van der Waals surface area contributed by atoms with Crippen molar-refractivity contribution in [3.8, 4) is 0 Å². The highest BCUT2D eigenvalue weighted by Gasteiger charge is 2.09. The number of rotatable bonds is 6. The monoisotopic (exact) mass is 299 g/mol. The third kappa shape index (κ3) is 3.45. The molecule has 1 aromatic carbocycles. The summed E-state index contributed by atoms with van der Waals surface area (Å²) < 4.78 is 8.40. The van der Waals surface area contributed by atoms with Crippen LogP contribution in [0.25, 0.3) is 11.0 Å². The lowest BCUT2D eigenvalue weighted by Crippen LogP contribution is -2.12. The number of unbranched alkanes of at least 4 members (excludes halogenated alkanes) is 1. The minimum absolute atomic E-state index is 0.254. The SMILES string of the molecule is NC(CCCCNc1c(Cl)ccc2nsnc12)=NO. The van der Waals surface area contributed by atoms with E-state index >= 15 is 0 Å². The number of nitrogens with one attached hydrogen (secondary N) is 1. The second-order valence-corrected chi connectivity index (χ2v) is 4.97. The third-order valence-corrected chi connectivity index (χ3v) is 3.52. The number of nitrogens with zero attached hydrogens (tertiary/aromatic N) is 3. The van der Waals surface area contributed by atoms with Crippen LogP contribution in [-0.2, 0) is 0 Å². The fourth-order valence-corrected chi connectivity index (χ4v) is 2.45. The van der Waals surface area contributed by atoms with E-state index in [1.54, 1.807) is 0 Å². The summed E-state index contributed by atoms with van der Waals surface area (Å²) in [5.74, 6) is 0.254. The standard InChI is InChI=1S/C11H14ClN5OS/c12-7-4-5-8-11(17-19-16-8)10(7)14-6-2-1-3-9(13)15-18/h4-5,14,18H,1-3,6H2,(H2,13,15). The van der Waals surface area contributed by atoms with Gasteiger partial charge in [-0.1, -0.05) is 16.8 Å². The van der Waals surface area contributed by atoms with Gasteiger partial charge in [0.2, 0.25) is 0 Å². The second kappa shape index (κ2) is 6.53. The Kier molecular flexibility index (Phi) is 4.75. The third-order valence-electron chi connectivity index (χ3n) is 2.67. The van der Waals surface area contributed by atoms with E-state index < -0.39 is 0 Å². The first-order valence-corrected chi connectivity index (χ1v) is 6.94. The highest BCUT2D eigenvalue weighted by atomic mass is 35.5. The van der Waals surface area contributed by atoms with Gasteiger partial charge >= 0.3 is 0 Å². The molecule has 0 bridgehead atoms. The van der Waals surface area contributed by atoms with Crippen LogP contribution in [0.1, 0.15) is 19.3 Å². The van der Waals surface area contributed by atoms with Crippen molar-refractivity contribution in [1.29, 1.82) is 0 Å². The van der Waals surface area contributed by atoms with Crippen molar-refractivity contribution in [1.82, 2.24) is 8.75 Å². The number of fused-ring (bicyclic) bond motifs is 1. The molecule has 0 amide bonds. The summed E-state index contributed by atoms with van der Waals surface area (Å²) in [5, 5.41) is 15.2. The quantitative estimate of drug-likeness (QED) is 0.250. The van der Waals surface area contributed by atoms with Gasteiger partial charge in [-0.25, -0.2) is 0 Å². The maximum Gasteiger partial charge on any atom is 0.139 e. The number of halogens is 1. The molecule has 0 atom stereocenters. The Morgan fingerprint density at radius 3 is 3.05 bits per heavy atom. The van der Waals surface area contributed by atoms with Crippen molar-refractivity contribution in [3.05, 3.63) is 17.2 Å². The van der Waals surface area contributed by atoms with Gasteiger partial charge in [0.15, 0.2) is 0 Å². The molecule has 2 rings (SSSR count). The van der Waals surface area contributed by atoms with Crippen LogP contribution >= 0.6 is 23.3 Å². The number of amidine groups is 1. The van der Waals surface area contributed by atoms with E-state index in [1.165, 1.54) is 11.7 Å². The van der Waals surface area contributed by atoms with Gasteiger partial charge in [-0.3, -0.25) is 0 Å². The molecule has 0 spiro atoms. The Hall–Kier alpha value is -1.60. The molecule has 1 aromatic heterocycles. The highest BCUT2D eigenvalue weighted by molar-refractivity contribution is 7.00. The molecule has 0 aliphatic carbocycles. The Morgan fingerprint density at radius 1 is 1.42 bits per heavy atom. The zero-order valence-electron chi connectivity index (χ0n) is 10.1. The van der Waals surface area contributed by atoms with Crippen LogP contribution < -0.4 is 11.1 Å². The lowest BCUT2D eigenvalue weighted by Gasteiger charge is -2.08. The van der Waals surface area contributed by atoms with Crippen molar-refractivity contribution in [2.75, 3.05) is 11.9 Å². The van der Waals surface area contributed by atoms with Gasteiger partial charge in [0.1, 0.15) is 16.9 Å². The molecule has 0 saturated heterocycles. The zero-order valence-corrected chi connectivity index (χ0v) is 11.7. The van der Waals surface area contributed by atoms with Gasteiger partial charge in [0.25, 0.3) is 0 Å². The molecule has 0 saturated carbocycles. The predicted molar refractivity (Wildman–Crippen MR) is 78.2 cm³/mol. The number of benzene rings is 1. The van der Waals surface area contributed by atoms with Crippen molar-refractivity contribution in [2.45, 2.75) is 19.3 Å². The van der Waals surface area contributed by atoms with Crippen LogP contribution in [0.5, 0.6) is 0 Å². The molecular formula is C11H14ClN5OS. The van der Waals surface area contributed by atoms with E-state index in [9.17, 15) is 0 Å². The van der Waals surface area contributed by atoms with Gasteiger partial charge in [-0.05, 0) is 25.0 Å². The first kappa shape index (κ1) is 13.8. The summed E-state index contributed by atoms with van der Waals surface area (Å²) in [6, 6.07) is 3.66. The molecular weight excluding hydrogens is 286 g/mol. The molecule has 19 heavy (non-hydrogen) atoms. The summed E-state index contributed by atoms with van der Waals surface area (Å²) >= 11 is 7.32. The summed E-state index contributed by atoms with van der Waals surface area (Å²) in [5.41, 5.74) is 7.85. The van der Waals surface area contributed by atoms with E-state index in [4.69, 9.17) is 22.5 Å². The number of aromatic nitrogens is 2.